The van der Waals surface area contributed by atoms with Crippen molar-refractivity contribution in [3.05, 3.63) is 94.2 Å². The number of carboxylic acids is 1. The van der Waals surface area contributed by atoms with Crippen molar-refractivity contribution >= 4 is 29.0 Å². The first-order valence-corrected chi connectivity index (χ1v) is 11.9. The Hall–Kier alpha value is -4.73. The van der Waals surface area contributed by atoms with Crippen LogP contribution in [0.1, 0.15) is 36.2 Å². The van der Waals surface area contributed by atoms with Crippen LogP contribution in [0.15, 0.2) is 72.9 Å². The Bertz CT molecular complexity index is 1430. The summed E-state index contributed by atoms with van der Waals surface area (Å²) < 4.78 is 1.79. The van der Waals surface area contributed by atoms with Gasteiger partial charge in [-0.3, -0.25) is 19.3 Å². The molecule has 0 spiro atoms. The number of nitro groups is 1. The topological polar surface area (TPSA) is 139 Å². The minimum atomic E-state index is -1.09. The zero-order valence-electron chi connectivity index (χ0n) is 20.4. The molecule has 2 heterocycles. The van der Waals surface area contributed by atoms with Gasteiger partial charge in [0.15, 0.2) is 0 Å². The predicted octanol–water partition coefficient (Wildman–Crippen LogP) is 4.75. The molecule has 0 aliphatic carbocycles. The van der Waals surface area contributed by atoms with E-state index in [1.807, 2.05) is 37.3 Å². The molecule has 0 radical (unpaired) electrons. The van der Waals surface area contributed by atoms with Crippen molar-refractivity contribution in [3.8, 4) is 11.3 Å². The summed E-state index contributed by atoms with van der Waals surface area (Å²) in [5.41, 5.74) is 2.99. The zero-order chi connectivity index (χ0) is 26.5. The number of pyridine rings is 1. The molecule has 0 bridgehead atoms. The number of aromatic nitrogens is 2. The lowest BCUT2D eigenvalue weighted by Crippen LogP contribution is -2.45. The van der Waals surface area contributed by atoms with Gasteiger partial charge in [0.1, 0.15) is 23.2 Å². The van der Waals surface area contributed by atoms with Crippen LogP contribution in [0.4, 0.5) is 11.5 Å². The molecule has 2 atom stereocenters. The standard InChI is InChI=1S/C27H27N5O5/c1-3-17(2)23(27(34)35)30-26(33)20-13-14-31-22(15-20)29-24(19-9-11-21(12-10-19)32(36)37)25(31)28-16-18-7-5-4-6-8-18/h4-15,17,23,28H,3,16H2,1-2H3,(H,30,33)(H,34,35). The minimum Gasteiger partial charge on any atom is -0.480 e. The molecule has 2 unspecified atom stereocenters. The zero-order valence-corrected chi connectivity index (χ0v) is 20.4. The van der Waals surface area contributed by atoms with Crippen LogP contribution in [-0.2, 0) is 11.3 Å². The van der Waals surface area contributed by atoms with Crippen LogP contribution in [-0.4, -0.2) is 37.3 Å². The van der Waals surface area contributed by atoms with Crippen molar-refractivity contribution in [2.45, 2.75) is 32.9 Å². The summed E-state index contributed by atoms with van der Waals surface area (Å²) in [5.74, 6) is -1.17. The average Bonchev–Trinajstić information content (AvgIpc) is 3.28. The summed E-state index contributed by atoms with van der Waals surface area (Å²) in [4.78, 5) is 39.9. The Kier molecular flexibility index (Phi) is 7.47. The first-order chi connectivity index (χ1) is 17.8. The predicted molar refractivity (Wildman–Crippen MR) is 139 cm³/mol. The molecule has 0 aliphatic rings. The van der Waals surface area contributed by atoms with Gasteiger partial charge in [-0.05, 0) is 35.7 Å². The van der Waals surface area contributed by atoms with E-state index in [4.69, 9.17) is 4.98 Å². The van der Waals surface area contributed by atoms with E-state index in [1.54, 1.807) is 41.8 Å². The van der Waals surface area contributed by atoms with E-state index < -0.39 is 22.8 Å². The smallest absolute Gasteiger partial charge is 0.326 e. The molecule has 3 N–H and O–H groups in total. The molecule has 1 amide bonds. The summed E-state index contributed by atoms with van der Waals surface area (Å²) in [5, 5.41) is 26.6. The summed E-state index contributed by atoms with van der Waals surface area (Å²) in [6.45, 7) is 4.15. The number of non-ortho nitro benzene ring substituents is 1. The third-order valence-electron chi connectivity index (χ3n) is 6.31. The molecule has 10 nitrogen and oxygen atoms in total. The van der Waals surface area contributed by atoms with Gasteiger partial charge in [0.05, 0.1) is 4.92 Å². The number of nitro benzene ring substituents is 1. The van der Waals surface area contributed by atoms with E-state index in [0.717, 1.165) is 5.56 Å². The summed E-state index contributed by atoms with van der Waals surface area (Å²) in [6, 6.07) is 18.1. The number of carbonyl (C=O) groups excluding carboxylic acids is 1. The molecule has 2 aromatic heterocycles. The quantitative estimate of drug-likeness (QED) is 0.210. The Labute approximate surface area is 213 Å². The van der Waals surface area contributed by atoms with Crippen LogP contribution in [0.5, 0.6) is 0 Å². The van der Waals surface area contributed by atoms with Crippen molar-refractivity contribution < 1.29 is 19.6 Å². The van der Waals surface area contributed by atoms with Gasteiger partial charge in [0.25, 0.3) is 11.6 Å². The fraction of sp³-hybridized carbons (Fsp3) is 0.222. The van der Waals surface area contributed by atoms with Gasteiger partial charge in [-0.25, -0.2) is 9.78 Å². The van der Waals surface area contributed by atoms with E-state index in [-0.39, 0.29) is 17.2 Å². The molecule has 4 rings (SSSR count). The summed E-state index contributed by atoms with van der Waals surface area (Å²) >= 11 is 0. The van der Waals surface area contributed by atoms with Crippen LogP contribution < -0.4 is 10.6 Å². The molecule has 4 aromatic rings. The molecule has 0 aliphatic heterocycles. The number of fused-ring (bicyclic) bond motifs is 1. The molecule has 0 fully saturated rings. The van der Waals surface area contributed by atoms with E-state index in [9.17, 15) is 24.8 Å². The van der Waals surface area contributed by atoms with Crippen molar-refractivity contribution in [3.63, 3.8) is 0 Å². The molecule has 10 heteroatoms. The third-order valence-corrected chi connectivity index (χ3v) is 6.31. The fourth-order valence-electron chi connectivity index (χ4n) is 3.99. The van der Waals surface area contributed by atoms with Gasteiger partial charge in [0, 0.05) is 36.0 Å². The lowest BCUT2D eigenvalue weighted by atomic mass is 9.99. The molecular formula is C27H27N5O5. The Morgan fingerprint density at radius 1 is 1.11 bits per heavy atom. The van der Waals surface area contributed by atoms with Gasteiger partial charge in [0.2, 0.25) is 0 Å². The Balaban J connectivity index is 1.71. The van der Waals surface area contributed by atoms with E-state index in [1.165, 1.54) is 12.1 Å². The van der Waals surface area contributed by atoms with E-state index >= 15 is 0 Å². The number of carbonyl (C=O) groups is 2. The molecule has 37 heavy (non-hydrogen) atoms. The number of aliphatic carboxylic acids is 1. The van der Waals surface area contributed by atoms with Crippen LogP contribution in [0.3, 0.4) is 0 Å². The van der Waals surface area contributed by atoms with Crippen molar-refractivity contribution in [1.29, 1.82) is 0 Å². The molecule has 0 saturated carbocycles. The number of amides is 1. The van der Waals surface area contributed by atoms with Crippen molar-refractivity contribution in [1.82, 2.24) is 14.7 Å². The van der Waals surface area contributed by atoms with Crippen molar-refractivity contribution in [2.24, 2.45) is 5.92 Å². The third kappa shape index (κ3) is 5.58. The Morgan fingerprint density at radius 2 is 1.81 bits per heavy atom. The van der Waals surface area contributed by atoms with Crippen LogP contribution in [0, 0.1) is 16.0 Å². The van der Waals surface area contributed by atoms with Gasteiger partial charge in [-0.15, -0.1) is 0 Å². The number of imidazole rings is 1. The van der Waals surface area contributed by atoms with E-state index in [2.05, 4.69) is 10.6 Å². The SMILES string of the molecule is CCC(C)C(NC(=O)c1ccn2c(NCc3ccccc3)c(-c3ccc([N+](=O)[O-])cc3)nc2c1)C(=O)O. The molecule has 190 valence electrons. The number of hydrogen-bond donors (Lipinski definition) is 3. The highest BCUT2D eigenvalue weighted by atomic mass is 16.6. The summed E-state index contributed by atoms with van der Waals surface area (Å²) in [6.07, 6.45) is 2.30. The van der Waals surface area contributed by atoms with Gasteiger partial charge < -0.3 is 15.7 Å². The van der Waals surface area contributed by atoms with Crippen LogP contribution in [0.2, 0.25) is 0 Å². The van der Waals surface area contributed by atoms with Gasteiger partial charge in [-0.2, -0.15) is 0 Å². The van der Waals surface area contributed by atoms with Crippen LogP contribution >= 0.6 is 0 Å². The first-order valence-electron chi connectivity index (χ1n) is 11.9. The number of hydrogen-bond acceptors (Lipinski definition) is 6. The molecule has 0 saturated heterocycles. The van der Waals surface area contributed by atoms with E-state index in [0.29, 0.717) is 35.7 Å². The second kappa shape index (κ2) is 10.9. The van der Waals surface area contributed by atoms with Crippen molar-refractivity contribution in [2.75, 3.05) is 5.32 Å². The highest BCUT2D eigenvalue weighted by Crippen LogP contribution is 2.31. The number of nitrogens with zero attached hydrogens (tertiary/aromatic N) is 3. The first kappa shape index (κ1) is 25.4. The molecule has 2 aromatic carbocycles. The highest BCUT2D eigenvalue weighted by molar-refractivity contribution is 5.97. The fourth-order valence-corrected chi connectivity index (χ4v) is 3.99. The average molecular weight is 502 g/mol. The summed E-state index contributed by atoms with van der Waals surface area (Å²) in [7, 11) is 0. The number of rotatable bonds is 10. The van der Waals surface area contributed by atoms with Gasteiger partial charge in [-0.1, -0.05) is 50.6 Å². The van der Waals surface area contributed by atoms with Crippen LogP contribution in [0.25, 0.3) is 16.9 Å². The lowest BCUT2D eigenvalue weighted by molar-refractivity contribution is -0.384. The second-order valence-electron chi connectivity index (χ2n) is 8.77. The highest BCUT2D eigenvalue weighted by Gasteiger charge is 2.26. The molecular weight excluding hydrogens is 474 g/mol. The minimum absolute atomic E-state index is 0.0282. The Morgan fingerprint density at radius 3 is 2.43 bits per heavy atom. The maximum atomic E-state index is 12.9. The maximum Gasteiger partial charge on any atom is 0.326 e. The number of carboxylic acid groups (broad SMARTS) is 1. The lowest BCUT2D eigenvalue weighted by Gasteiger charge is -2.20. The number of benzene rings is 2. The van der Waals surface area contributed by atoms with Gasteiger partial charge >= 0.3 is 5.97 Å². The number of nitrogens with one attached hydrogen (secondary N) is 2. The number of anilines is 1. The monoisotopic (exact) mass is 501 g/mol. The largest absolute Gasteiger partial charge is 0.480 e. The second-order valence-corrected chi connectivity index (χ2v) is 8.77. The normalized spacial score (nSPS) is 12.6. The maximum absolute atomic E-state index is 12.9.